The summed E-state index contributed by atoms with van der Waals surface area (Å²) in [5.41, 5.74) is 1.00. The van der Waals surface area contributed by atoms with Crippen LogP contribution in [-0.4, -0.2) is 23.7 Å². The number of hydrogen-bond donors (Lipinski definition) is 3. The van der Waals surface area contributed by atoms with Crippen LogP contribution < -0.4 is 25.4 Å². The molecule has 2 aliphatic rings. The minimum Gasteiger partial charge on any atom is -0.454 e. The first-order valence-electron chi connectivity index (χ1n) is 8.66. The molecule has 10 nitrogen and oxygen atoms in total. The number of amides is 3. The number of nitro groups is 1. The molecule has 2 aromatic carbocycles. The van der Waals surface area contributed by atoms with E-state index in [-0.39, 0.29) is 23.7 Å². The summed E-state index contributed by atoms with van der Waals surface area (Å²) in [6.45, 7) is 1.68. The Morgan fingerprint density at radius 1 is 1.21 bits per heavy atom. The lowest BCUT2D eigenvalue weighted by Crippen LogP contribution is -2.46. The minimum atomic E-state index is -0.777. The Morgan fingerprint density at radius 3 is 2.76 bits per heavy atom. The highest BCUT2D eigenvalue weighted by Crippen LogP contribution is 2.37. The number of fused-ring (bicyclic) bond motifs is 1. The van der Waals surface area contributed by atoms with Gasteiger partial charge >= 0.3 is 6.03 Å². The molecule has 3 N–H and O–H groups in total. The number of nitrogens with zero attached hydrogens (tertiary/aromatic N) is 1. The van der Waals surface area contributed by atoms with Crippen molar-refractivity contribution in [1.82, 2.24) is 10.6 Å². The molecule has 0 saturated carbocycles. The number of rotatable bonds is 4. The Bertz CT molecular complexity index is 1060. The topological polar surface area (TPSA) is 132 Å². The Hall–Kier alpha value is -4.08. The molecule has 3 amide bonds. The summed E-state index contributed by atoms with van der Waals surface area (Å²) in [5.74, 6) is 0.499. The molecular formula is C19H16N4O6. The minimum absolute atomic E-state index is 0.0594. The second-order valence-corrected chi connectivity index (χ2v) is 6.41. The van der Waals surface area contributed by atoms with Crippen molar-refractivity contribution in [3.05, 3.63) is 69.4 Å². The number of nitrogens with one attached hydrogen (secondary N) is 3. The molecule has 0 aliphatic carbocycles. The summed E-state index contributed by atoms with van der Waals surface area (Å²) in [6.07, 6.45) is 0. The maximum Gasteiger partial charge on any atom is 0.319 e. The number of carbonyl (C=O) groups excluding carboxylic acids is 2. The second-order valence-electron chi connectivity index (χ2n) is 6.41. The van der Waals surface area contributed by atoms with Crippen LogP contribution >= 0.6 is 0 Å². The fraction of sp³-hybridized carbons (Fsp3) is 0.158. The van der Waals surface area contributed by atoms with Crippen molar-refractivity contribution in [2.75, 3.05) is 12.1 Å². The Balaban J connectivity index is 1.69. The van der Waals surface area contributed by atoms with Crippen LogP contribution in [0.1, 0.15) is 18.5 Å². The van der Waals surface area contributed by atoms with Gasteiger partial charge in [0.05, 0.1) is 16.5 Å². The van der Waals surface area contributed by atoms with E-state index in [9.17, 15) is 19.7 Å². The second kappa shape index (κ2) is 7.15. The molecule has 0 saturated heterocycles. The van der Waals surface area contributed by atoms with Crippen molar-refractivity contribution in [1.29, 1.82) is 0 Å². The van der Waals surface area contributed by atoms with E-state index in [0.717, 1.165) is 0 Å². The third-order valence-corrected chi connectivity index (χ3v) is 4.59. The van der Waals surface area contributed by atoms with Gasteiger partial charge < -0.3 is 25.4 Å². The standard InChI is InChI=1S/C19H16N4O6/c1-10-16(18(24)21-12-4-2-3-5-13(12)23(26)27)17(22-19(25)20-10)11-6-7-14-15(8-11)29-9-28-14/h2-8,17H,9H2,1H3,(H,21,24)(H2,20,22,25). The van der Waals surface area contributed by atoms with Gasteiger partial charge in [-0.2, -0.15) is 0 Å². The average molecular weight is 396 g/mol. The van der Waals surface area contributed by atoms with Gasteiger partial charge in [0, 0.05) is 11.8 Å². The molecule has 1 unspecified atom stereocenters. The van der Waals surface area contributed by atoms with E-state index in [2.05, 4.69) is 16.0 Å². The lowest BCUT2D eigenvalue weighted by Gasteiger charge is -2.28. The number of anilines is 1. The predicted octanol–water partition coefficient (Wildman–Crippen LogP) is 2.59. The number of nitro benzene ring substituents is 1. The van der Waals surface area contributed by atoms with E-state index in [1.807, 2.05) is 0 Å². The molecule has 0 spiro atoms. The van der Waals surface area contributed by atoms with Gasteiger partial charge in [-0.15, -0.1) is 0 Å². The molecule has 2 aromatic rings. The van der Waals surface area contributed by atoms with Crippen LogP contribution in [0.25, 0.3) is 0 Å². The summed E-state index contributed by atoms with van der Waals surface area (Å²) in [4.78, 5) is 35.7. The number of allylic oxidation sites excluding steroid dienone is 1. The van der Waals surface area contributed by atoms with Crippen LogP contribution in [0.5, 0.6) is 11.5 Å². The Kier molecular flexibility index (Phi) is 4.51. The average Bonchev–Trinajstić information content (AvgIpc) is 3.15. The highest BCUT2D eigenvalue weighted by atomic mass is 16.7. The van der Waals surface area contributed by atoms with Crippen LogP contribution in [-0.2, 0) is 4.79 Å². The molecule has 148 valence electrons. The number of para-hydroxylation sites is 2. The van der Waals surface area contributed by atoms with E-state index in [1.165, 1.54) is 18.2 Å². The van der Waals surface area contributed by atoms with Gasteiger partial charge in [-0.25, -0.2) is 4.79 Å². The molecule has 0 bridgehead atoms. The summed E-state index contributed by atoms with van der Waals surface area (Å²) in [6, 6.07) is 9.69. The van der Waals surface area contributed by atoms with E-state index in [4.69, 9.17) is 9.47 Å². The number of ether oxygens (including phenoxy) is 2. The molecule has 0 aromatic heterocycles. The van der Waals surface area contributed by atoms with Crippen molar-refractivity contribution >= 4 is 23.3 Å². The summed E-state index contributed by atoms with van der Waals surface area (Å²) in [5, 5.41) is 19.1. The third kappa shape index (κ3) is 3.43. The molecule has 0 fully saturated rings. The van der Waals surface area contributed by atoms with E-state index >= 15 is 0 Å². The monoisotopic (exact) mass is 396 g/mol. The van der Waals surface area contributed by atoms with Crippen LogP contribution in [0.2, 0.25) is 0 Å². The molecule has 10 heteroatoms. The van der Waals surface area contributed by atoms with Crippen molar-refractivity contribution in [3.8, 4) is 11.5 Å². The fourth-order valence-electron chi connectivity index (χ4n) is 3.27. The van der Waals surface area contributed by atoms with Gasteiger partial charge in [0.2, 0.25) is 6.79 Å². The fourth-order valence-corrected chi connectivity index (χ4v) is 3.27. The molecule has 2 aliphatic heterocycles. The number of hydrogen-bond acceptors (Lipinski definition) is 6. The van der Waals surface area contributed by atoms with E-state index in [0.29, 0.717) is 22.8 Å². The molecule has 2 heterocycles. The molecular weight excluding hydrogens is 380 g/mol. The molecule has 29 heavy (non-hydrogen) atoms. The number of carbonyl (C=O) groups is 2. The maximum atomic E-state index is 13.0. The van der Waals surface area contributed by atoms with Crippen LogP contribution in [0.4, 0.5) is 16.2 Å². The molecule has 4 rings (SSSR count). The van der Waals surface area contributed by atoms with Gasteiger partial charge in [0.15, 0.2) is 11.5 Å². The SMILES string of the molecule is CC1=C(C(=O)Nc2ccccc2[N+](=O)[O-])C(c2ccc3c(c2)OCO3)NC(=O)N1. The summed E-state index contributed by atoms with van der Waals surface area (Å²) >= 11 is 0. The maximum absolute atomic E-state index is 13.0. The third-order valence-electron chi connectivity index (χ3n) is 4.59. The lowest BCUT2D eigenvalue weighted by molar-refractivity contribution is -0.383. The highest BCUT2D eigenvalue weighted by Gasteiger charge is 2.33. The van der Waals surface area contributed by atoms with Crippen molar-refractivity contribution in [3.63, 3.8) is 0 Å². The molecule has 0 radical (unpaired) electrons. The summed E-state index contributed by atoms with van der Waals surface area (Å²) in [7, 11) is 0. The summed E-state index contributed by atoms with van der Waals surface area (Å²) < 4.78 is 10.7. The van der Waals surface area contributed by atoms with Crippen molar-refractivity contribution < 1.29 is 24.0 Å². The zero-order chi connectivity index (χ0) is 20.5. The Morgan fingerprint density at radius 2 is 1.97 bits per heavy atom. The smallest absolute Gasteiger partial charge is 0.319 e. The first kappa shape index (κ1) is 18.3. The van der Waals surface area contributed by atoms with Crippen molar-refractivity contribution in [2.24, 2.45) is 0 Å². The van der Waals surface area contributed by atoms with Gasteiger partial charge in [-0.1, -0.05) is 18.2 Å². The Labute approximate surface area is 164 Å². The van der Waals surface area contributed by atoms with Crippen LogP contribution in [0, 0.1) is 10.1 Å². The quantitative estimate of drug-likeness (QED) is 0.538. The lowest BCUT2D eigenvalue weighted by atomic mass is 9.94. The number of urea groups is 1. The number of benzene rings is 2. The normalized spacial score (nSPS) is 17.4. The van der Waals surface area contributed by atoms with Gasteiger partial charge in [0.1, 0.15) is 5.69 Å². The van der Waals surface area contributed by atoms with Crippen LogP contribution in [0.3, 0.4) is 0 Å². The van der Waals surface area contributed by atoms with Crippen molar-refractivity contribution in [2.45, 2.75) is 13.0 Å². The largest absolute Gasteiger partial charge is 0.454 e. The highest BCUT2D eigenvalue weighted by molar-refractivity contribution is 6.07. The molecule has 1 atom stereocenters. The zero-order valence-electron chi connectivity index (χ0n) is 15.2. The predicted molar refractivity (Wildman–Crippen MR) is 101 cm³/mol. The first-order chi connectivity index (χ1) is 13.9. The van der Waals surface area contributed by atoms with Gasteiger partial charge in [0.25, 0.3) is 11.6 Å². The first-order valence-corrected chi connectivity index (χ1v) is 8.66. The van der Waals surface area contributed by atoms with Crippen LogP contribution in [0.15, 0.2) is 53.7 Å². The van der Waals surface area contributed by atoms with E-state index in [1.54, 1.807) is 31.2 Å². The zero-order valence-corrected chi connectivity index (χ0v) is 15.2. The van der Waals surface area contributed by atoms with Gasteiger partial charge in [-0.05, 0) is 30.7 Å². The van der Waals surface area contributed by atoms with Gasteiger partial charge in [-0.3, -0.25) is 14.9 Å². The van der Waals surface area contributed by atoms with E-state index < -0.39 is 22.9 Å².